The second-order valence-corrected chi connectivity index (χ2v) is 2.91. The molecule has 0 bridgehead atoms. The zero-order chi connectivity index (χ0) is 9.26. The van der Waals surface area contributed by atoms with Crippen molar-refractivity contribution in [3.05, 3.63) is 18.2 Å². The summed E-state index contributed by atoms with van der Waals surface area (Å²) >= 11 is 1.14. The van der Waals surface area contributed by atoms with Crippen molar-refractivity contribution in [1.82, 2.24) is 14.6 Å². The Morgan fingerprint density at radius 3 is 2.79 bits per heavy atom. The molecular weight excluding hydrogens is 233 g/mol. The Morgan fingerprint density at radius 1 is 1.50 bits per heavy atom. The van der Waals surface area contributed by atoms with E-state index in [4.69, 9.17) is 4.42 Å². The fourth-order valence-corrected chi connectivity index (χ4v) is 1.25. The van der Waals surface area contributed by atoms with Crippen molar-refractivity contribution in [2.45, 2.75) is 0 Å². The van der Waals surface area contributed by atoms with E-state index in [1.807, 2.05) is 0 Å². The Morgan fingerprint density at radius 2 is 2.29 bits per heavy atom. The van der Waals surface area contributed by atoms with Gasteiger partial charge in [0.05, 0.1) is 0 Å². The van der Waals surface area contributed by atoms with E-state index < -0.39 is 11.9 Å². The van der Waals surface area contributed by atoms with Crippen LogP contribution in [0, 0.1) is 0 Å². The zero-order valence-electron chi connectivity index (χ0n) is 7.13. The van der Waals surface area contributed by atoms with Crippen LogP contribution in [-0.4, -0.2) is 20.5 Å². The Labute approximate surface area is 125 Å². The number of carboxylic acid groups (broad SMARTS) is 1. The second kappa shape index (κ2) is 5.10. The van der Waals surface area contributed by atoms with Gasteiger partial charge in [0.1, 0.15) is 10.8 Å². The van der Waals surface area contributed by atoms with E-state index in [1.54, 1.807) is 12.3 Å². The van der Waals surface area contributed by atoms with Gasteiger partial charge in [0.15, 0.2) is 0 Å². The fraction of sp³-hybridized carbons (Fsp3) is 0. The van der Waals surface area contributed by atoms with E-state index in [0.717, 1.165) is 11.5 Å². The maximum atomic E-state index is 10.3. The van der Waals surface area contributed by atoms with Gasteiger partial charge >= 0.3 is 51.4 Å². The van der Waals surface area contributed by atoms with E-state index in [2.05, 4.69) is 14.6 Å². The molecule has 6 nitrogen and oxygen atoms in total. The number of carbonyl (C=O) groups excluding carboxylic acids is 1. The molecule has 0 unspecified atom stereocenters. The fourth-order valence-electron chi connectivity index (χ4n) is 0.731. The van der Waals surface area contributed by atoms with Crippen LogP contribution < -0.4 is 56.5 Å². The topological polar surface area (TPSA) is 91.9 Å². The van der Waals surface area contributed by atoms with Gasteiger partial charge in [-0.2, -0.15) is 0 Å². The third-order valence-corrected chi connectivity index (χ3v) is 1.98. The maximum absolute atomic E-state index is 10.3. The molecule has 0 spiro atoms. The van der Waals surface area contributed by atoms with Gasteiger partial charge in [0.2, 0.25) is 0 Å². The first kappa shape index (κ1) is 11.9. The van der Waals surface area contributed by atoms with Crippen LogP contribution in [0.4, 0.5) is 0 Å². The summed E-state index contributed by atoms with van der Waals surface area (Å²) in [7, 11) is 0. The molecule has 2 rings (SSSR count). The zero-order valence-corrected chi connectivity index (χ0v) is 11.1. The van der Waals surface area contributed by atoms with Crippen LogP contribution in [-0.2, 0) is 0 Å². The standard InChI is InChI=1S/C6H3N3O3S.K/c10-6(11)5-9-8-4(12-5)3-1-2-7-13-3;/h1-2H,(H,10,11);/q;+1/p-1. The number of hydrogen-bond donors (Lipinski definition) is 0. The molecule has 0 N–H and O–H groups in total. The van der Waals surface area contributed by atoms with Gasteiger partial charge in [-0.25, -0.2) is 4.37 Å². The SMILES string of the molecule is O=C([O-])c1nnc(-c2ccns2)o1.[K+]. The summed E-state index contributed by atoms with van der Waals surface area (Å²) in [5.41, 5.74) is 0. The van der Waals surface area contributed by atoms with Gasteiger partial charge in [-0.05, 0) is 17.6 Å². The van der Waals surface area contributed by atoms with Gasteiger partial charge in [0.25, 0.3) is 11.8 Å². The quantitative estimate of drug-likeness (QED) is 0.503. The maximum Gasteiger partial charge on any atom is 1.00 e. The molecule has 2 aromatic heterocycles. The van der Waals surface area contributed by atoms with Crippen LogP contribution >= 0.6 is 11.5 Å². The van der Waals surface area contributed by atoms with Gasteiger partial charge in [-0.15, -0.1) is 10.2 Å². The molecule has 8 heteroatoms. The summed E-state index contributed by atoms with van der Waals surface area (Å²) in [6.07, 6.45) is 1.56. The number of carbonyl (C=O) groups is 1. The van der Waals surface area contributed by atoms with Crippen molar-refractivity contribution in [2.75, 3.05) is 0 Å². The molecule has 2 heterocycles. The Balaban J connectivity index is 0.000000980. The van der Waals surface area contributed by atoms with Crippen molar-refractivity contribution in [2.24, 2.45) is 0 Å². The van der Waals surface area contributed by atoms with Crippen LogP contribution in [0.25, 0.3) is 10.8 Å². The second-order valence-electron chi connectivity index (χ2n) is 2.08. The van der Waals surface area contributed by atoms with Crippen molar-refractivity contribution in [3.8, 4) is 10.8 Å². The van der Waals surface area contributed by atoms with E-state index in [0.29, 0.717) is 4.88 Å². The van der Waals surface area contributed by atoms with Gasteiger partial charge in [-0.1, -0.05) is 0 Å². The summed E-state index contributed by atoms with van der Waals surface area (Å²) in [5, 5.41) is 17.0. The van der Waals surface area contributed by atoms with Gasteiger partial charge < -0.3 is 14.3 Å². The molecule has 0 atom stereocenters. The van der Waals surface area contributed by atoms with Crippen molar-refractivity contribution in [3.63, 3.8) is 0 Å². The Hall–Kier alpha value is -0.124. The molecule has 2 aromatic rings. The minimum absolute atomic E-state index is 0. The molecular formula is C6H2KN3O3S. The third kappa shape index (κ3) is 2.46. The summed E-state index contributed by atoms with van der Waals surface area (Å²) < 4.78 is 8.58. The molecule has 0 aromatic carbocycles. The first-order valence-corrected chi connectivity index (χ1v) is 4.00. The van der Waals surface area contributed by atoms with Crippen molar-refractivity contribution >= 4 is 17.5 Å². The van der Waals surface area contributed by atoms with Crippen molar-refractivity contribution in [1.29, 1.82) is 0 Å². The average molecular weight is 235 g/mol. The van der Waals surface area contributed by atoms with E-state index in [1.165, 1.54) is 0 Å². The largest absolute Gasteiger partial charge is 1.00 e. The monoisotopic (exact) mass is 235 g/mol. The van der Waals surface area contributed by atoms with Gasteiger partial charge in [-0.3, -0.25) is 0 Å². The summed E-state index contributed by atoms with van der Waals surface area (Å²) in [5.74, 6) is -1.87. The normalized spacial score (nSPS) is 9.43. The summed E-state index contributed by atoms with van der Waals surface area (Å²) in [6.45, 7) is 0. The van der Waals surface area contributed by atoms with Crippen LogP contribution in [0.5, 0.6) is 0 Å². The molecule has 0 aliphatic carbocycles. The summed E-state index contributed by atoms with van der Waals surface area (Å²) in [4.78, 5) is 10.9. The van der Waals surface area contributed by atoms with E-state index >= 15 is 0 Å². The predicted molar refractivity (Wildman–Crippen MR) is 39.7 cm³/mol. The number of aromatic carboxylic acids is 1. The minimum atomic E-state index is -1.48. The molecule has 0 aliphatic heterocycles. The number of aromatic nitrogens is 3. The van der Waals surface area contributed by atoms with Gasteiger partial charge in [0, 0.05) is 6.20 Å². The first-order chi connectivity index (χ1) is 6.27. The summed E-state index contributed by atoms with van der Waals surface area (Å²) in [6, 6.07) is 1.65. The predicted octanol–water partition coefficient (Wildman–Crippen LogP) is -3.44. The van der Waals surface area contributed by atoms with Crippen LogP contribution in [0.1, 0.15) is 10.7 Å². The number of hydrogen-bond acceptors (Lipinski definition) is 7. The molecule has 0 amide bonds. The first-order valence-electron chi connectivity index (χ1n) is 3.23. The molecule has 0 aliphatic rings. The third-order valence-electron chi connectivity index (χ3n) is 1.25. The molecule has 0 radical (unpaired) electrons. The van der Waals surface area contributed by atoms with Crippen molar-refractivity contribution < 1.29 is 65.7 Å². The van der Waals surface area contributed by atoms with Crippen LogP contribution in [0.15, 0.2) is 16.7 Å². The number of carboxylic acids is 1. The molecule has 0 fully saturated rings. The smallest absolute Gasteiger partial charge is 0.540 e. The Kier molecular flexibility index (Phi) is 4.35. The van der Waals surface area contributed by atoms with E-state index in [-0.39, 0.29) is 57.3 Å². The average Bonchev–Trinajstić information content (AvgIpc) is 2.75. The number of nitrogens with zero attached hydrogens (tertiary/aromatic N) is 3. The van der Waals surface area contributed by atoms with Crippen LogP contribution in [0.2, 0.25) is 0 Å². The van der Waals surface area contributed by atoms with Crippen LogP contribution in [0.3, 0.4) is 0 Å². The minimum Gasteiger partial charge on any atom is -0.540 e. The molecule has 14 heavy (non-hydrogen) atoms. The number of rotatable bonds is 2. The van der Waals surface area contributed by atoms with E-state index in [9.17, 15) is 9.90 Å². The Bertz CT molecular complexity index is 427. The molecule has 0 saturated carbocycles. The molecule has 66 valence electrons. The molecule has 0 saturated heterocycles.